The number of Topliss-reactive ketones (excluding diaryl/α,β-unsaturated/α-hetero) is 1. The van der Waals surface area contributed by atoms with Gasteiger partial charge in [-0.2, -0.15) is 13.2 Å². The van der Waals surface area contributed by atoms with E-state index in [2.05, 4.69) is 0 Å². The zero-order chi connectivity index (χ0) is 18.7. The summed E-state index contributed by atoms with van der Waals surface area (Å²) in [6.45, 7) is 3.04. The van der Waals surface area contributed by atoms with Gasteiger partial charge in [0.25, 0.3) is 0 Å². The molecule has 8 heteroatoms. The minimum absolute atomic E-state index is 0.0572. The minimum atomic E-state index is -4.47. The first-order valence-electron chi connectivity index (χ1n) is 8.69. The predicted molar refractivity (Wildman–Crippen MR) is 87.9 cm³/mol. The van der Waals surface area contributed by atoms with E-state index in [4.69, 9.17) is 4.74 Å². The van der Waals surface area contributed by atoms with Crippen molar-refractivity contribution in [2.24, 2.45) is 5.92 Å². The number of ether oxygens (including phenoxy) is 1. The number of piperidine rings is 1. The van der Waals surface area contributed by atoms with Gasteiger partial charge >= 0.3 is 12.2 Å². The smallest absolute Gasteiger partial charge is 0.378 e. The summed E-state index contributed by atoms with van der Waals surface area (Å²) in [6, 6.07) is 4.49. The van der Waals surface area contributed by atoms with Crippen molar-refractivity contribution in [2.45, 2.75) is 19.0 Å². The summed E-state index contributed by atoms with van der Waals surface area (Å²) in [7, 11) is 0. The Morgan fingerprint density at radius 1 is 1.00 bits per heavy atom. The van der Waals surface area contributed by atoms with E-state index in [0.717, 1.165) is 12.1 Å². The Labute approximate surface area is 149 Å². The van der Waals surface area contributed by atoms with Gasteiger partial charge in [0.1, 0.15) is 0 Å². The Morgan fingerprint density at radius 2 is 1.62 bits per heavy atom. The second-order valence-electron chi connectivity index (χ2n) is 6.59. The molecule has 26 heavy (non-hydrogen) atoms. The fraction of sp³-hybridized carbons (Fsp3) is 0.556. The van der Waals surface area contributed by atoms with Crippen molar-refractivity contribution in [1.29, 1.82) is 0 Å². The number of carbonyl (C=O) groups is 2. The number of carbonyl (C=O) groups excluding carboxylic acids is 2. The number of urea groups is 1. The van der Waals surface area contributed by atoms with Crippen LogP contribution < -0.4 is 0 Å². The van der Waals surface area contributed by atoms with Crippen LogP contribution in [0.1, 0.15) is 28.8 Å². The number of morpholine rings is 1. The van der Waals surface area contributed by atoms with Crippen LogP contribution in [-0.4, -0.2) is 61.0 Å². The molecule has 1 aromatic rings. The number of amides is 2. The van der Waals surface area contributed by atoms with Gasteiger partial charge in [0.05, 0.1) is 18.8 Å². The Balaban J connectivity index is 1.59. The number of benzene rings is 1. The van der Waals surface area contributed by atoms with Crippen molar-refractivity contribution in [3.63, 3.8) is 0 Å². The number of ketones is 1. The van der Waals surface area contributed by atoms with E-state index in [1.54, 1.807) is 9.80 Å². The normalized spacial score (nSPS) is 19.5. The highest BCUT2D eigenvalue weighted by Crippen LogP contribution is 2.31. The first-order valence-corrected chi connectivity index (χ1v) is 8.69. The molecule has 0 radical (unpaired) electrons. The van der Waals surface area contributed by atoms with Gasteiger partial charge in [0.2, 0.25) is 0 Å². The molecule has 2 fully saturated rings. The van der Waals surface area contributed by atoms with Crippen LogP contribution in [0.3, 0.4) is 0 Å². The summed E-state index contributed by atoms with van der Waals surface area (Å²) in [6.07, 6.45) is -3.54. The summed E-state index contributed by atoms with van der Waals surface area (Å²) < 4.78 is 43.7. The molecule has 0 atom stereocenters. The molecule has 1 aromatic carbocycles. The maximum absolute atomic E-state index is 12.8. The van der Waals surface area contributed by atoms with E-state index in [1.165, 1.54) is 12.1 Å². The van der Waals surface area contributed by atoms with Crippen molar-refractivity contribution in [2.75, 3.05) is 39.4 Å². The lowest BCUT2D eigenvalue weighted by Gasteiger charge is -2.36. The van der Waals surface area contributed by atoms with Crippen LogP contribution >= 0.6 is 0 Å². The summed E-state index contributed by atoms with van der Waals surface area (Å²) in [5.41, 5.74) is -0.735. The number of hydrogen-bond donors (Lipinski definition) is 0. The SMILES string of the molecule is O=C(c1cccc(C(F)(F)F)c1)C1CCN(C(=O)N2CCOCC2)CC1. The molecule has 0 aliphatic carbocycles. The van der Waals surface area contributed by atoms with Crippen molar-refractivity contribution in [1.82, 2.24) is 9.80 Å². The Hall–Kier alpha value is -2.09. The van der Waals surface area contributed by atoms with Gasteiger partial charge < -0.3 is 14.5 Å². The molecule has 5 nitrogen and oxygen atoms in total. The zero-order valence-electron chi connectivity index (χ0n) is 14.3. The third kappa shape index (κ3) is 4.17. The fourth-order valence-electron chi connectivity index (χ4n) is 3.37. The lowest BCUT2D eigenvalue weighted by molar-refractivity contribution is -0.137. The molecule has 2 amide bonds. The van der Waals surface area contributed by atoms with Gasteiger partial charge in [-0.05, 0) is 25.0 Å². The number of alkyl halides is 3. The average molecular weight is 370 g/mol. The Bertz CT molecular complexity index is 664. The van der Waals surface area contributed by atoms with Crippen LogP contribution in [0.2, 0.25) is 0 Å². The number of hydrogen-bond acceptors (Lipinski definition) is 3. The first-order chi connectivity index (χ1) is 12.4. The standard InChI is InChI=1S/C18H21F3N2O3/c19-18(20,21)15-3-1-2-14(12-15)16(24)13-4-6-22(7-5-13)17(25)23-8-10-26-11-9-23/h1-3,12-13H,4-11H2. The minimum Gasteiger partial charge on any atom is -0.378 e. The lowest BCUT2D eigenvalue weighted by atomic mass is 9.88. The highest BCUT2D eigenvalue weighted by molar-refractivity contribution is 5.98. The maximum Gasteiger partial charge on any atom is 0.416 e. The van der Waals surface area contributed by atoms with Crippen LogP contribution in [0.5, 0.6) is 0 Å². The molecule has 2 aliphatic heterocycles. The Kier molecular flexibility index (Phi) is 5.50. The van der Waals surface area contributed by atoms with Crippen LogP contribution in [0.4, 0.5) is 18.0 Å². The van der Waals surface area contributed by atoms with Gasteiger partial charge in [-0.25, -0.2) is 4.79 Å². The van der Waals surface area contributed by atoms with E-state index in [1.807, 2.05) is 0 Å². The number of halogens is 3. The molecular formula is C18H21F3N2O3. The molecule has 142 valence electrons. The topological polar surface area (TPSA) is 49.9 Å². The third-order valence-electron chi connectivity index (χ3n) is 4.89. The van der Waals surface area contributed by atoms with Gasteiger partial charge in [-0.15, -0.1) is 0 Å². The second kappa shape index (κ2) is 7.65. The van der Waals surface area contributed by atoms with Gasteiger partial charge in [-0.1, -0.05) is 12.1 Å². The van der Waals surface area contributed by atoms with Gasteiger partial charge in [0.15, 0.2) is 5.78 Å². The van der Waals surface area contributed by atoms with Crippen molar-refractivity contribution >= 4 is 11.8 Å². The maximum atomic E-state index is 12.8. The summed E-state index contributed by atoms with van der Waals surface area (Å²) in [5.74, 6) is -0.637. The van der Waals surface area contributed by atoms with Crippen LogP contribution in [0.15, 0.2) is 24.3 Å². The number of nitrogens with zero attached hydrogens (tertiary/aromatic N) is 2. The van der Waals surface area contributed by atoms with Gasteiger partial charge in [0, 0.05) is 37.7 Å². The van der Waals surface area contributed by atoms with Crippen molar-refractivity contribution in [3.8, 4) is 0 Å². The Morgan fingerprint density at radius 3 is 2.23 bits per heavy atom. The predicted octanol–water partition coefficient (Wildman–Crippen LogP) is 3.05. The average Bonchev–Trinajstić information content (AvgIpc) is 2.67. The molecule has 0 aromatic heterocycles. The molecule has 0 unspecified atom stereocenters. The molecule has 2 aliphatic rings. The summed E-state index contributed by atoms with van der Waals surface area (Å²) >= 11 is 0. The first kappa shape index (κ1) is 18.7. The highest BCUT2D eigenvalue weighted by atomic mass is 19.4. The van der Waals surface area contributed by atoms with Crippen molar-refractivity contribution < 1.29 is 27.5 Å². The van der Waals surface area contributed by atoms with E-state index in [0.29, 0.717) is 52.2 Å². The lowest BCUT2D eigenvalue weighted by Crippen LogP contribution is -2.50. The molecule has 2 heterocycles. The largest absolute Gasteiger partial charge is 0.416 e. The van der Waals surface area contributed by atoms with E-state index in [-0.39, 0.29) is 23.3 Å². The number of likely N-dealkylation sites (tertiary alicyclic amines) is 1. The van der Waals surface area contributed by atoms with E-state index in [9.17, 15) is 22.8 Å². The fourth-order valence-corrected chi connectivity index (χ4v) is 3.37. The molecule has 0 bridgehead atoms. The third-order valence-corrected chi connectivity index (χ3v) is 4.89. The second-order valence-corrected chi connectivity index (χ2v) is 6.59. The quantitative estimate of drug-likeness (QED) is 0.752. The van der Waals surface area contributed by atoms with Gasteiger partial charge in [-0.3, -0.25) is 4.79 Å². The molecule has 0 saturated carbocycles. The molecule has 0 N–H and O–H groups in total. The van der Waals surface area contributed by atoms with Crippen LogP contribution in [0, 0.1) is 5.92 Å². The summed E-state index contributed by atoms with van der Waals surface area (Å²) in [5, 5.41) is 0. The summed E-state index contributed by atoms with van der Waals surface area (Å²) in [4.78, 5) is 28.4. The zero-order valence-corrected chi connectivity index (χ0v) is 14.3. The van der Waals surface area contributed by atoms with Crippen LogP contribution in [0.25, 0.3) is 0 Å². The van der Waals surface area contributed by atoms with Crippen LogP contribution in [-0.2, 0) is 10.9 Å². The van der Waals surface area contributed by atoms with E-state index >= 15 is 0 Å². The van der Waals surface area contributed by atoms with E-state index < -0.39 is 11.7 Å². The molecule has 0 spiro atoms. The van der Waals surface area contributed by atoms with Crippen molar-refractivity contribution in [3.05, 3.63) is 35.4 Å². The monoisotopic (exact) mass is 370 g/mol. The molecule has 2 saturated heterocycles. The number of rotatable bonds is 2. The molecule has 3 rings (SSSR count). The molecular weight excluding hydrogens is 349 g/mol. The highest BCUT2D eigenvalue weighted by Gasteiger charge is 2.33.